The molecule has 0 spiro atoms. The maximum Gasteiger partial charge on any atom is 0.135 e. The van der Waals surface area contributed by atoms with Gasteiger partial charge in [0.1, 0.15) is 11.0 Å². The summed E-state index contributed by atoms with van der Waals surface area (Å²) in [5.74, 6) is 0. The minimum atomic E-state index is 0.841. The van der Waals surface area contributed by atoms with Crippen LogP contribution in [0.25, 0.3) is 23.6 Å². The second kappa shape index (κ2) is 3.77. The molecule has 0 bridgehead atoms. The summed E-state index contributed by atoms with van der Waals surface area (Å²) in [7, 11) is 0. The standard InChI is InChI=1S/C14H14O/c1-4-5-6-13-11(3)12-8-7-10(2)9-14(12)15-13/h4-9H,3H2,1-2H3/b5-4-,13-6+. The van der Waals surface area contributed by atoms with Crippen LogP contribution in [0.5, 0.6) is 0 Å². The van der Waals surface area contributed by atoms with Crippen molar-refractivity contribution < 1.29 is 4.42 Å². The summed E-state index contributed by atoms with van der Waals surface area (Å²) in [4.78, 5) is 0. The van der Waals surface area contributed by atoms with Crippen LogP contribution in [-0.4, -0.2) is 0 Å². The average molecular weight is 198 g/mol. The van der Waals surface area contributed by atoms with Crippen LogP contribution < -0.4 is 10.6 Å². The van der Waals surface area contributed by atoms with E-state index in [-0.39, 0.29) is 0 Å². The molecule has 1 heterocycles. The van der Waals surface area contributed by atoms with E-state index in [2.05, 4.69) is 25.6 Å². The molecule has 0 aliphatic rings. The maximum atomic E-state index is 5.71. The van der Waals surface area contributed by atoms with E-state index < -0.39 is 0 Å². The fraction of sp³-hybridized carbons (Fsp3) is 0.143. The van der Waals surface area contributed by atoms with Crippen molar-refractivity contribution in [1.82, 2.24) is 0 Å². The Morgan fingerprint density at radius 1 is 1.33 bits per heavy atom. The van der Waals surface area contributed by atoms with Crippen molar-refractivity contribution in [2.75, 3.05) is 0 Å². The van der Waals surface area contributed by atoms with E-state index in [1.54, 1.807) is 0 Å². The molecule has 0 fully saturated rings. The van der Waals surface area contributed by atoms with Crippen LogP contribution >= 0.6 is 0 Å². The molecule has 0 amide bonds. The molecule has 0 N–H and O–H groups in total. The number of allylic oxidation sites excluding steroid dienone is 2. The molecule has 1 aromatic carbocycles. The first-order valence-corrected chi connectivity index (χ1v) is 5.03. The molecule has 0 atom stereocenters. The topological polar surface area (TPSA) is 13.1 Å². The highest BCUT2D eigenvalue weighted by Gasteiger charge is 2.00. The van der Waals surface area contributed by atoms with E-state index >= 15 is 0 Å². The fourth-order valence-corrected chi connectivity index (χ4v) is 1.59. The molecule has 15 heavy (non-hydrogen) atoms. The summed E-state index contributed by atoms with van der Waals surface area (Å²) in [6, 6.07) is 6.17. The van der Waals surface area contributed by atoms with Crippen molar-refractivity contribution in [3.8, 4) is 0 Å². The van der Waals surface area contributed by atoms with Crippen molar-refractivity contribution in [1.29, 1.82) is 0 Å². The summed E-state index contributed by atoms with van der Waals surface area (Å²) in [6.45, 7) is 8.07. The van der Waals surface area contributed by atoms with Crippen LogP contribution in [0.2, 0.25) is 0 Å². The van der Waals surface area contributed by atoms with Crippen molar-refractivity contribution in [2.24, 2.45) is 0 Å². The van der Waals surface area contributed by atoms with Crippen LogP contribution in [0, 0.1) is 6.92 Å². The van der Waals surface area contributed by atoms with Crippen molar-refractivity contribution in [3.63, 3.8) is 0 Å². The Morgan fingerprint density at radius 2 is 2.13 bits per heavy atom. The lowest BCUT2D eigenvalue weighted by molar-refractivity contribution is 0.575. The van der Waals surface area contributed by atoms with Gasteiger partial charge in [0.2, 0.25) is 0 Å². The zero-order valence-electron chi connectivity index (χ0n) is 9.08. The third-order valence-corrected chi connectivity index (χ3v) is 2.42. The zero-order valence-corrected chi connectivity index (χ0v) is 9.08. The molecule has 76 valence electrons. The van der Waals surface area contributed by atoms with Gasteiger partial charge in [-0.15, -0.1) is 0 Å². The number of aryl methyl sites for hydroxylation is 1. The van der Waals surface area contributed by atoms with E-state index in [4.69, 9.17) is 4.42 Å². The number of fused-ring (bicyclic) bond motifs is 1. The first kappa shape index (κ1) is 9.78. The van der Waals surface area contributed by atoms with Crippen LogP contribution in [-0.2, 0) is 0 Å². The Hall–Kier alpha value is -1.76. The summed E-state index contributed by atoms with van der Waals surface area (Å²) < 4.78 is 5.71. The molecule has 1 nitrogen and oxygen atoms in total. The van der Waals surface area contributed by atoms with Crippen LogP contribution in [0.1, 0.15) is 12.5 Å². The van der Waals surface area contributed by atoms with Gasteiger partial charge in [0.05, 0.1) is 0 Å². The first-order chi connectivity index (χ1) is 7.22. The maximum absolute atomic E-state index is 5.71. The molecule has 1 aromatic heterocycles. The molecule has 0 unspecified atom stereocenters. The predicted octanol–water partition coefficient (Wildman–Crippen LogP) is 2.51. The lowest BCUT2D eigenvalue weighted by Gasteiger charge is -1.89. The van der Waals surface area contributed by atoms with Crippen molar-refractivity contribution in [2.45, 2.75) is 13.8 Å². The van der Waals surface area contributed by atoms with Crippen molar-refractivity contribution >= 4 is 23.6 Å². The van der Waals surface area contributed by atoms with Gasteiger partial charge in [-0.25, -0.2) is 0 Å². The van der Waals surface area contributed by atoms with Crippen LogP contribution in [0.3, 0.4) is 0 Å². The highest BCUT2D eigenvalue weighted by molar-refractivity contribution is 5.79. The molecule has 0 aliphatic heterocycles. The van der Waals surface area contributed by atoms with E-state index in [1.165, 1.54) is 5.56 Å². The lowest BCUT2D eigenvalue weighted by atomic mass is 10.2. The molecule has 0 radical (unpaired) electrons. The van der Waals surface area contributed by atoms with E-state index in [0.29, 0.717) is 0 Å². The summed E-state index contributed by atoms with van der Waals surface area (Å²) in [5, 5.41) is 2.06. The van der Waals surface area contributed by atoms with Gasteiger partial charge < -0.3 is 4.42 Å². The molecule has 0 saturated carbocycles. The third kappa shape index (κ3) is 1.73. The number of hydrogen-bond acceptors (Lipinski definition) is 1. The number of hydrogen-bond donors (Lipinski definition) is 0. The number of rotatable bonds is 1. The Morgan fingerprint density at radius 3 is 2.87 bits per heavy atom. The van der Waals surface area contributed by atoms with Gasteiger partial charge in [0.25, 0.3) is 0 Å². The first-order valence-electron chi connectivity index (χ1n) is 5.03. The number of benzene rings is 1. The zero-order chi connectivity index (χ0) is 10.8. The normalized spacial score (nSPS) is 13.1. The van der Waals surface area contributed by atoms with E-state index in [1.807, 2.05) is 31.2 Å². The fourth-order valence-electron chi connectivity index (χ4n) is 1.59. The largest absolute Gasteiger partial charge is 0.456 e. The average Bonchev–Trinajstić information content (AvgIpc) is 2.52. The van der Waals surface area contributed by atoms with Gasteiger partial charge in [-0.05, 0) is 31.6 Å². The second-order valence-corrected chi connectivity index (χ2v) is 3.64. The SMILES string of the molecule is C=c1/c(=C\C=C/C)oc2cc(C)ccc12. The monoisotopic (exact) mass is 198 g/mol. The molecule has 2 aromatic rings. The van der Waals surface area contributed by atoms with Gasteiger partial charge in [-0.2, -0.15) is 0 Å². The number of furan rings is 1. The minimum absolute atomic E-state index is 0.841. The van der Waals surface area contributed by atoms with E-state index in [0.717, 1.165) is 21.6 Å². The highest BCUT2D eigenvalue weighted by Crippen LogP contribution is 2.10. The van der Waals surface area contributed by atoms with Gasteiger partial charge in [-0.1, -0.05) is 30.9 Å². The Bertz CT molecular complexity index is 615. The summed E-state index contributed by atoms with van der Waals surface area (Å²) >= 11 is 0. The van der Waals surface area contributed by atoms with Gasteiger partial charge in [0.15, 0.2) is 0 Å². The lowest BCUT2D eigenvalue weighted by Crippen LogP contribution is -2.17. The van der Waals surface area contributed by atoms with Gasteiger partial charge >= 0.3 is 0 Å². The Balaban J connectivity index is 2.81. The highest BCUT2D eigenvalue weighted by atomic mass is 16.3. The molecular formula is C14H14O. The Kier molecular flexibility index (Phi) is 2.46. The second-order valence-electron chi connectivity index (χ2n) is 3.64. The smallest absolute Gasteiger partial charge is 0.135 e. The summed E-state index contributed by atoms with van der Waals surface area (Å²) in [6.07, 6.45) is 5.87. The third-order valence-electron chi connectivity index (χ3n) is 2.42. The van der Waals surface area contributed by atoms with Gasteiger partial charge in [-0.3, -0.25) is 0 Å². The molecule has 0 saturated heterocycles. The predicted molar refractivity (Wildman–Crippen MR) is 65.0 cm³/mol. The quantitative estimate of drug-likeness (QED) is 0.686. The summed E-state index contributed by atoms with van der Waals surface area (Å²) in [5.41, 5.74) is 2.96. The minimum Gasteiger partial charge on any atom is -0.456 e. The molecular weight excluding hydrogens is 184 g/mol. The van der Waals surface area contributed by atoms with Gasteiger partial charge in [0, 0.05) is 10.6 Å². The molecule has 1 heteroatoms. The Labute approximate surface area is 89.0 Å². The van der Waals surface area contributed by atoms with Crippen molar-refractivity contribution in [3.05, 3.63) is 46.5 Å². The van der Waals surface area contributed by atoms with Crippen LogP contribution in [0.15, 0.2) is 34.8 Å². The molecule has 0 aliphatic carbocycles. The van der Waals surface area contributed by atoms with Crippen LogP contribution in [0.4, 0.5) is 0 Å². The van der Waals surface area contributed by atoms with E-state index in [9.17, 15) is 0 Å². The molecule has 2 rings (SSSR count).